The topological polar surface area (TPSA) is 12.4 Å². The molecule has 0 heterocycles. The fraction of sp³-hybridized carbons (Fsp3) is 0.350. The number of thiol groups is 1. The van der Waals surface area contributed by atoms with E-state index in [9.17, 15) is 0 Å². The van der Waals surface area contributed by atoms with Gasteiger partial charge in [0.1, 0.15) is 5.04 Å². The summed E-state index contributed by atoms with van der Waals surface area (Å²) in [5.41, 5.74) is 3.39. The number of rotatable bonds is 2. The number of hydrogen-bond acceptors (Lipinski definition) is 1. The van der Waals surface area contributed by atoms with Crippen molar-refractivity contribution >= 4 is 17.7 Å². The molecule has 0 aliphatic heterocycles. The summed E-state index contributed by atoms with van der Waals surface area (Å²) in [6.45, 7) is 8.70. The van der Waals surface area contributed by atoms with E-state index in [4.69, 9.17) is 4.99 Å². The number of nitrogens with zero attached hydrogens (tertiary/aromatic N) is 1. The van der Waals surface area contributed by atoms with Gasteiger partial charge in [-0.3, -0.25) is 0 Å². The Hall–Kier alpha value is -1.54. The van der Waals surface area contributed by atoms with Gasteiger partial charge in [0.15, 0.2) is 0 Å². The molecule has 0 saturated heterocycles. The third-order valence-electron chi connectivity index (χ3n) is 3.83. The van der Waals surface area contributed by atoms with Gasteiger partial charge in [0.2, 0.25) is 0 Å². The predicted molar refractivity (Wildman–Crippen MR) is 101 cm³/mol. The van der Waals surface area contributed by atoms with E-state index in [0.29, 0.717) is 5.92 Å². The molecule has 116 valence electrons. The first-order valence-electron chi connectivity index (χ1n) is 7.79. The van der Waals surface area contributed by atoms with Crippen LogP contribution in [-0.4, -0.2) is 5.04 Å². The van der Waals surface area contributed by atoms with Crippen molar-refractivity contribution in [1.29, 1.82) is 0 Å². The zero-order valence-corrected chi connectivity index (χ0v) is 14.8. The highest BCUT2D eigenvalue weighted by molar-refractivity contribution is 7.97. The molecule has 0 aromatic carbocycles. The molecular formula is C20H25NS. The average molecular weight is 311 g/mol. The third-order valence-corrected chi connectivity index (χ3v) is 4.19. The van der Waals surface area contributed by atoms with Gasteiger partial charge in [-0.2, -0.15) is 0 Å². The molecular weight excluding hydrogens is 286 g/mol. The van der Waals surface area contributed by atoms with E-state index in [1.54, 1.807) is 0 Å². The van der Waals surface area contributed by atoms with Gasteiger partial charge in [0, 0.05) is 11.0 Å². The predicted octanol–water partition coefficient (Wildman–Crippen LogP) is 5.82. The summed E-state index contributed by atoms with van der Waals surface area (Å²) >= 11 is 4.62. The second kappa shape index (κ2) is 7.15. The average Bonchev–Trinajstić information content (AvgIpc) is 2.66. The highest BCUT2D eigenvalue weighted by atomic mass is 32.1. The van der Waals surface area contributed by atoms with Crippen molar-refractivity contribution in [2.24, 2.45) is 16.3 Å². The van der Waals surface area contributed by atoms with Crippen molar-refractivity contribution < 1.29 is 0 Å². The molecule has 2 aliphatic rings. The Bertz CT molecular complexity index is 637. The molecule has 0 bridgehead atoms. The second-order valence-electron chi connectivity index (χ2n) is 6.59. The molecule has 0 fully saturated rings. The van der Waals surface area contributed by atoms with E-state index in [1.807, 2.05) is 0 Å². The summed E-state index contributed by atoms with van der Waals surface area (Å²) < 4.78 is 0. The minimum atomic E-state index is 0.0674. The van der Waals surface area contributed by atoms with Crippen LogP contribution in [0, 0.1) is 11.3 Å². The first kappa shape index (κ1) is 16.8. The minimum absolute atomic E-state index is 0.0674. The monoisotopic (exact) mass is 311 g/mol. The van der Waals surface area contributed by atoms with Crippen LogP contribution in [0.25, 0.3) is 0 Å². The summed E-state index contributed by atoms with van der Waals surface area (Å²) in [7, 11) is 0. The van der Waals surface area contributed by atoms with E-state index < -0.39 is 0 Å². The van der Waals surface area contributed by atoms with Gasteiger partial charge in [-0.15, -0.1) is 12.6 Å². The van der Waals surface area contributed by atoms with Crippen LogP contribution in [-0.2, 0) is 0 Å². The maximum Gasteiger partial charge on any atom is 0.101 e. The largest absolute Gasteiger partial charge is 0.242 e. The van der Waals surface area contributed by atoms with Crippen molar-refractivity contribution in [1.82, 2.24) is 0 Å². The Morgan fingerprint density at radius 2 is 2.00 bits per heavy atom. The fourth-order valence-electron chi connectivity index (χ4n) is 2.31. The van der Waals surface area contributed by atoms with Gasteiger partial charge < -0.3 is 0 Å². The van der Waals surface area contributed by atoms with Crippen LogP contribution in [0.2, 0.25) is 0 Å². The van der Waals surface area contributed by atoms with Gasteiger partial charge in [-0.25, -0.2) is 4.99 Å². The van der Waals surface area contributed by atoms with Crippen LogP contribution < -0.4 is 0 Å². The molecule has 0 N–H and O–H groups in total. The van der Waals surface area contributed by atoms with Gasteiger partial charge in [-0.05, 0) is 30.9 Å². The number of hydrogen-bond donors (Lipinski definition) is 1. The molecule has 0 radical (unpaired) electrons. The first-order chi connectivity index (χ1) is 10.4. The lowest BCUT2D eigenvalue weighted by Crippen LogP contribution is -2.04. The lowest BCUT2D eigenvalue weighted by molar-refractivity contribution is 0.621. The minimum Gasteiger partial charge on any atom is -0.242 e. The zero-order chi connectivity index (χ0) is 16.2. The van der Waals surface area contributed by atoms with Crippen molar-refractivity contribution in [3.8, 4) is 0 Å². The summed E-state index contributed by atoms with van der Waals surface area (Å²) in [6.07, 6.45) is 20.3. The normalized spacial score (nSPS) is 31.0. The van der Waals surface area contributed by atoms with Crippen molar-refractivity contribution in [2.75, 3.05) is 0 Å². The Balaban J connectivity index is 2.32. The van der Waals surface area contributed by atoms with E-state index in [-0.39, 0.29) is 5.41 Å². The van der Waals surface area contributed by atoms with Crippen LogP contribution in [0.1, 0.15) is 34.1 Å². The quantitative estimate of drug-likeness (QED) is 0.285. The highest BCUT2D eigenvalue weighted by Crippen LogP contribution is 2.26. The summed E-state index contributed by atoms with van der Waals surface area (Å²) in [6, 6.07) is 0. The molecule has 0 spiro atoms. The third kappa shape index (κ3) is 4.74. The van der Waals surface area contributed by atoms with E-state index in [2.05, 4.69) is 95.0 Å². The SMILES string of the molecule is C/C1=C(\N=C(/S)C2=CC=CC(C)C=C2)/C=C\C(C)(C)/C=C\C1. The van der Waals surface area contributed by atoms with Crippen molar-refractivity contribution in [2.45, 2.75) is 34.1 Å². The molecule has 1 unspecified atom stereocenters. The molecule has 22 heavy (non-hydrogen) atoms. The highest BCUT2D eigenvalue weighted by Gasteiger charge is 2.12. The van der Waals surface area contributed by atoms with Crippen molar-refractivity contribution in [3.63, 3.8) is 0 Å². The van der Waals surface area contributed by atoms with E-state index in [1.165, 1.54) is 5.57 Å². The Morgan fingerprint density at radius 3 is 2.77 bits per heavy atom. The molecule has 0 saturated carbocycles. The Kier molecular flexibility index (Phi) is 5.47. The Labute approximate surface area is 140 Å². The molecule has 0 aromatic heterocycles. The Morgan fingerprint density at radius 1 is 1.23 bits per heavy atom. The van der Waals surface area contributed by atoms with Crippen molar-refractivity contribution in [3.05, 3.63) is 71.5 Å². The molecule has 1 nitrogen and oxygen atoms in total. The first-order valence-corrected chi connectivity index (χ1v) is 8.23. The number of aliphatic imine (C=N–C) groups is 1. The maximum absolute atomic E-state index is 4.76. The van der Waals surface area contributed by atoms with E-state index >= 15 is 0 Å². The van der Waals surface area contributed by atoms with Gasteiger partial charge in [0.05, 0.1) is 5.70 Å². The lowest BCUT2D eigenvalue weighted by atomic mass is 9.89. The summed E-state index contributed by atoms with van der Waals surface area (Å²) in [5.74, 6) is 0.447. The van der Waals surface area contributed by atoms with Crippen LogP contribution in [0.4, 0.5) is 0 Å². The molecule has 2 heteroatoms. The standard InChI is InChI=1S/C20H25NS/c1-15-7-5-9-17(11-10-15)19(22)21-18-12-14-20(3,4)13-6-8-16(18)2/h5-7,9-15H,8H2,1-4H3,(H,21,22)/b13-6-,14-12-,18-16+. The summed E-state index contributed by atoms with van der Waals surface area (Å²) in [4.78, 5) is 4.76. The molecule has 1 atom stereocenters. The van der Waals surface area contributed by atoms with Gasteiger partial charge in [0.25, 0.3) is 0 Å². The molecule has 2 rings (SSSR count). The smallest absolute Gasteiger partial charge is 0.101 e. The van der Waals surface area contributed by atoms with Crippen LogP contribution >= 0.6 is 12.6 Å². The molecule has 2 aliphatic carbocycles. The fourth-order valence-corrected chi connectivity index (χ4v) is 2.56. The summed E-state index contributed by atoms with van der Waals surface area (Å²) in [5, 5.41) is 0.761. The van der Waals surface area contributed by atoms with E-state index in [0.717, 1.165) is 22.7 Å². The van der Waals surface area contributed by atoms with Crippen LogP contribution in [0.3, 0.4) is 0 Å². The lowest BCUT2D eigenvalue weighted by Gasteiger charge is -2.17. The van der Waals surface area contributed by atoms with Gasteiger partial charge in [-0.1, -0.05) is 69.4 Å². The second-order valence-corrected chi connectivity index (χ2v) is 7.01. The number of allylic oxidation sites excluding steroid dienone is 10. The maximum atomic E-state index is 4.76. The van der Waals surface area contributed by atoms with Gasteiger partial charge >= 0.3 is 0 Å². The molecule has 0 aromatic rings. The zero-order valence-electron chi connectivity index (χ0n) is 13.9. The van der Waals surface area contributed by atoms with Crippen LogP contribution in [0.15, 0.2) is 76.5 Å². The molecule has 0 amide bonds. The van der Waals surface area contributed by atoms with Crippen LogP contribution in [0.5, 0.6) is 0 Å².